The van der Waals surface area contributed by atoms with E-state index in [1.165, 1.54) is 0 Å². The first-order chi connectivity index (χ1) is 10.6. The summed E-state index contributed by atoms with van der Waals surface area (Å²) in [6, 6.07) is 9.98. The van der Waals surface area contributed by atoms with Crippen molar-refractivity contribution in [2.24, 2.45) is 0 Å². The number of carbonyl (C=O) groups is 1. The standard InChI is InChI=1S/C17H26N2O3/c1-13(20)10-15(14-6-4-3-5-7-14)11-18-17(21)16-12-19(2)8-9-22-16/h3-7,13,15-16,20H,8-12H2,1-2H3,(H,18,21). The Bertz CT molecular complexity index is 464. The van der Waals surface area contributed by atoms with E-state index in [0.717, 1.165) is 12.1 Å². The molecule has 0 aliphatic carbocycles. The molecule has 1 saturated heterocycles. The van der Waals surface area contributed by atoms with Gasteiger partial charge in [0.2, 0.25) is 5.91 Å². The number of rotatable bonds is 6. The van der Waals surface area contributed by atoms with Crippen LogP contribution >= 0.6 is 0 Å². The molecule has 5 nitrogen and oxygen atoms in total. The zero-order valence-electron chi connectivity index (χ0n) is 13.4. The van der Waals surface area contributed by atoms with E-state index < -0.39 is 12.2 Å². The van der Waals surface area contributed by atoms with Crippen LogP contribution in [0.1, 0.15) is 24.8 Å². The van der Waals surface area contributed by atoms with Crippen LogP contribution in [0.25, 0.3) is 0 Å². The summed E-state index contributed by atoms with van der Waals surface area (Å²) in [5.41, 5.74) is 1.13. The Hall–Kier alpha value is -1.43. The Morgan fingerprint density at radius 2 is 2.18 bits per heavy atom. The molecule has 1 aliphatic heterocycles. The minimum Gasteiger partial charge on any atom is -0.393 e. The van der Waals surface area contributed by atoms with Gasteiger partial charge in [-0.05, 0) is 26.0 Å². The second-order valence-electron chi connectivity index (χ2n) is 6.06. The van der Waals surface area contributed by atoms with E-state index in [1.807, 2.05) is 37.4 Å². The zero-order chi connectivity index (χ0) is 15.9. The number of benzene rings is 1. The fraction of sp³-hybridized carbons (Fsp3) is 0.588. The molecule has 0 bridgehead atoms. The van der Waals surface area contributed by atoms with Crippen LogP contribution < -0.4 is 5.32 Å². The van der Waals surface area contributed by atoms with Crippen molar-refractivity contribution in [3.8, 4) is 0 Å². The molecule has 1 aromatic carbocycles. The van der Waals surface area contributed by atoms with Crippen LogP contribution in [0.15, 0.2) is 30.3 Å². The molecule has 2 rings (SSSR count). The highest BCUT2D eigenvalue weighted by Gasteiger charge is 2.25. The minimum absolute atomic E-state index is 0.0712. The van der Waals surface area contributed by atoms with Gasteiger partial charge in [-0.25, -0.2) is 0 Å². The summed E-state index contributed by atoms with van der Waals surface area (Å²) < 4.78 is 5.53. The van der Waals surface area contributed by atoms with Crippen molar-refractivity contribution < 1.29 is 14.6 Å². The molecule has 5 heteroatoms. The molecule has 1 aliphatic rings. The molecule has 0 spiro atoms. The molecule has 0 saturated carbocycles. The third-order valence-corrected chi connectivity index (χ3v) is 3.98. The number of nitrogens with zero attached hydrogens (tertiary/aromatic N) is 1. The van der Waals surface area contributed by atoms with Gasteiger partial charge in [0.1, 0.15) is 6.10 Å². The first-order valence-corrected chi connectivity index (χ1v) is 7.87. The van der Waals surface area contributed by atoms with E-state index in [-0.39, 0.29) is 11.8 Å². The van der Waals surface area contributed by atoms with Gasteiger partial charge < -0.3 is 20.1 Å². The van der Waals surface area contributed by atoms with Crippen molar-refractivity contribution in [1.82, 2.24) is 10.2 Å². The molecule has 122 valence electrons. The molecule has 2 N–H and O–H groups in total. The maximum atomic E-state index is 12.2. The van der Waals surface area contributed by atoms with E-state index in [1.54, 1.807) is 6.92 Å². The Labute approximate surface area is 132 Å². The van der Waals surface area contributed by atoms with Crippen LogP contribution in [0.2, 0.25) is 0 Å². The monoisotopic (exact) mass is 306 g/mol. The quantitative estimate of drug-likeness (QED) is 0.823. The normalized spacial score (nSPS) is 22.0. The minimum atomic E-state index is -0.404. The van der Waals surface area contributed by atoms with Crippen LogP contribution in [0.3, 0.4) is 0 Å². The number of aliphatic hydroxyl groups excluding tert-OH is 1. The highest BCUT2D eigenvalue weighted by molar-refractivity contribution is 5.81. The summed E-state index contributed by atoms with van der Waals surface area (Å²) in [7, 11) is 1.99. The maximum Gasteiger partial charge on any atom is 0.250 e. The SMILES string of the molecule is CC(O)CC(CNC(=O)C1CN(C)CCO1)c1ccccc1. The largest absolute Gasteiger partial charge is 0.393 e. The molecule has 0 radical (unpaired) electrons. The number of ether oxygens (including phenoxy) is 1. The molecule has 1 amide bonds. The van der Waals surface area contributed by atoms with Gasteiger partial charge in [-0.1, -0.05) is 30.3 Å². The number of morpholine rings is 1. The Morgan fingerprint density at radius 1 is 1.45 bits per heavy atom. The lowest BCUT2D eigenvalue weighted by molar-refractivity contribution is -0.137. The van der Waals surface area contributed by atoms with Crippen LogP contribution in [0, 0.1) is 0 Å². The van der Waals surface area contributed by atoms with E-state index in [2.05, 4.69) is 10.2 Å². The number of amides is 1. The van der Waals surface area contributed by atoms with Crippen LogP contribution in [-0.2, 0) is 9.53 Å². The molecular formula is C17H26N2O3. The van der Waals surface area contributed by atoms with Gasteiger partial charge in [0.25, 0.3) is 0 Å². The molecule has 1 fully saturated rings. The van der Waals surface area contributed by atoms with Crippen LogP contribution in [0.5, 0.6) is 0 Å². The maximum absolute atomic E-state index is 12.2. The number of carbonyl (C=O) groups excluding carboxylic acids is 1. The van der Waals surface area contributed by atoms with E-state index in [9.17, 15) is 9.90 Å². The van der Waals surface area contributed by atoms with E-state index >= 15 is 0 Å². The molecule has 0 aromatic heterocycles. The van der Waals surface area contributed by atoms with Crippen molar-refractivity contribution >= 4 is 5.91 Å². The lowest BCUT2D eigenvalue weighted by atomic mass is 9.93. The number of aliphatic hydroxyl groups is 1. The molecule has 3 unspecified atom stereocenters. The third kappa shape index (κ3) is 5.09. The van der Waals surface area contributed by atoms with E-state index in [4.69, 9.17) is 4.74 Å². The topological polar surface area (TPSA) is 61.8 Å². The summed E-state index contributed by atoms with van der Waals surface area (Å²) in [6.07, 6.45) is -0.184. The summed E-state index contributed by atoms with van der Waals surface area (Å²) in [5.74, 6) is 0.0320. The van der Waals surface area contributed by atoms with Gasteiger partial charge in [-0.15, -0.1) is 0 Å². The number of nitrogens with one attached hydrogen (secondary N) is 1. The van der Waals surface area contributed by atoms with Gasteiger partial charge in [0, 0.05) is 25.6 Å². The molecule has 1 aromatic rings. The average molecular weight is 306 g/mol. The first kappa shape index (κ1) is 16.9. The highest BCUT2D eigenvalue weighted by Crippen LogP contribution is 2.20. The lowest BCUT2D eigenvalue weighted by Crippen LogP contribution is -2.49. The second kappa shape index (κ2) is 8.27. The third-order valence-electron chi connectivity index (χ3n) is 3.98. The summed E-state index contributed by atoms with van der Waals surface area (Å²) in [5, 5.41) is 12.7. The Balaban J connectivity index is 1.91. The predicted molar refractivity (Wildman–Crippen MR) is 85.7 cm³/mol. The smallest absolute Gasteiger partial charge is 0.250 e. The summed E-state index contributed by atoms with van der Waals surface area (Å²) >= 11 is 0. The van der Waals surface area contributed by atoms with Gasteiger partial charge in [-0.3, -0.25) is 4.79 Å². The summed E-state index contributed by atoms with van der Waals surface area (Å²) in [4.78, 5) is 14.3. The molecule has 3 atom stereocenters. The summed E-state index contributed by atoms with van der Waals surface area (Å²) in [6.45, 7) is 4.36. The van der Waals surface area contributed by atoms with Gasteiger partial charge in [0.15, 0.2) is 0 Å². The predicted octanol–water partition coefficient (Wildman–Crippen LogP) is 0.988. The fourth-order valence-electron chi connectivity index (χ4n) is 2.75. The fourth-order valence-corrected chi connectivity index (χ4v) is 2.75. The molecule has 22 heavy (non-hydrogen) atoms. The van der Waals surface area contributed by atoms with Crippen molar-refractivity contribution in [1.29, 1.82) is 0 Å². The van der Waals surface area contributed by atoms with Crippen molar-refractivity contribution in [3.63, 3.8) is 0 Å². The van der Waals surface area contributed by atoms with E-state index in [0.29, 0.717) is 26.1 Å². The zero-order valence-corrected chi connectivity index (χ0v) is 13.4. The first-order valence-electron chi connectivity index (χ1n) is 7.87. The van der Waals surface area contributed by atoms with Gasteiger partial charge in [-0.2, -0.15) is 0 Å². The van der Waals surface area contributed by atoms with Crippen molar-refractivity contribution in [2.75, 3.05) is 33.3 Å². The number of hydrogen-bond acceptors (Lipinski definition) is 4. The van der Waals surface area contributed by atoms with Crippen molar-refractivity contribution in [3.05, 3.63) is 35.9 Å². The van der Waals surface area contributed by atoms with Gasteiger partial charge >= 0.3 is 0 Å². The van der Waals surface area contributed by atoms with Crippen molar-refractivity contribution in [2.45, 2.75) is 31.5 Å². The number of likely N-dealkylation sites (N-methyl/N-ethyl adjacent to an activating group) is 1. The van der Waals surface area contributed by atoms with Gasteiger partial charge in [0.05, 0.1) is 12.7 Å². The molecule has 1 heterocycles. The lowest BCUT2D eigenvalue weighted by Gasteiger charge is -2.29. The van der Waals surface area contributed by atoms with Crippen LogP contribution in [-0.4, -0.2) is 61.4 Å². The second-order valence-corrected chi connectivity index (χ2v) is 6.06. The Morgan fingerprint density at radius 3 is 2.82 bits per heavy atom. The van der Waals surface area contributed by atoms with Crippen LogP contribution in [0.4, 0.5) is 0 Å². The highest BCUT2D eigenvalue weighted by atomic mass is 16.5. The number of hydrogen-bond donors (Lipinski definition) is 2. The molecular weight excluding hydrogens is 280 g/mol. The average Bonchev–Trinajstić information content (AvgIpc) is 2.51. The Kier molecular flexibility index (Phi) is 6.36.